The molecule has 1 atom stereocenters. The number of rotatable bonds is 5. The minimum Gasteiger partial charge on any atom is -0.352 e. The molecule has 1 aliphatic heterocycles. The van der Waals surface area contributed by atoms with E-state index in [1.165, 1.54) is 11.3 Å². The van der Waals surface area contributed by atoms with Gasteiger partial charge in [0.15, 0.2) is 0 Å². The Morgan fingerprint density at radius 1 is 0.844 bits per heavy atom. The standard InChI is InChI=1S/C27H26N2O3/c30-25(28-20-13-5-2-6-14-20)23(17-18-9-3-1-4-10-18)29-26(31)21-15-7-11-19-12-8-16-22(24(19)21)27(29)32/h1,3-4,7-12,15-16,20,23H,2,5-6,13-14,17H2,(H,28,30)/t23-/m0/s1. The highest BCUT2D eigenvalue weighted by molar-refractivity contribution is 6.26. The van der Waals surface area contributed by atoms with E-state index in [0.717, 1.165) is 36.6 Å². The molecule has 162 valence electrons. The van der Waals surface area contributed by atoms with Crippen LogP contribution in [0.15, 0.2) is 66.7 Å². The van der Waals surface area contributed by atoms with E-state index in [1.807, 2.05) is 54.6 Å². The predicted octanol–water partition coefficient (Wildman–Crippen LogP) is 4.50. The molecular weight excluding hydrogens is 400 g/mol. The summed E-state index contributed by atoms with van der Waals surface area (Å²) in [6.07, 6.45) is 5.52. The lowest BCUT2D eigenvalue weighted by molar-refractivity contribution is -0.126. The van der Waals surface area contributed by atoms with Crippen LogP contribution in [0, 0.1) is 0 Å². The molecule has 0 aromatic heterocycles. The summed E-state index contributed by atoms with van der Waals surface area (Å²) in [5.41, 5.74) is 1.86. The fraction of sp³-hybridized carbons (Fsp3) is 0.296. The Labute approximate surface area is 187 Å². The smallest absolute Gasteiger partial charge is 0.262 e. The first-order valence-electron chi connectivity index (χ1n) is 11.4. The van der Waals surface area contributed by atoms with Gasteiger partial charge in [-0.3, -0.25) is 19.3 Å². The average molecular weight is 427 g/mol. The Hall–Kier alpha value is -3.47. The topological polar surface area (TPSA) is 66.5 Å². The first kappa shape index (κ1) is 20.4. The molecule has 5 rings (SSSR count). The second kappa shape index (κ2) is 8.58. The Bertz CT molecular complexity index is 1130. The van der Waals surface area contributed by atoms with Crippen LogP contribution in [0.3, 0.4) is 0 Å². The van der Waals surface area contributed by atoms with Crippen LogP contribution in [0.25, 0.3) is 10.8 Å². The first-order valence-corrected chi connectivity index (χ1v) is 11.4. The van der Waals surface area contributed by atoms with E-state index >= 15 is 0 Å². The van der Waals surface area contributed by atoms with Gasteiger partial charge in [-0.25, -0.2) is 0 Å². The Balaban J connectivity index is 1.53. The number of hydrogen-bond donors (Lipinski definition) is 1. The van der Waals surface area contributed by atoms with Gasteiger partial charge in [-0.15, -0.1) is 0 Å². The van der Waals surface area contributed by atoms with Crippen LogP contribution in [-0.2, 0) is 11.2 Å². The van der Waals surface area contributed by atoms with E-state index in [9.17, 15) is 14.4 Å². The molecule has 3 aromatic carbocycles. The fourth-order valence-corrected chi connectivity index (χ4v) is 5.02. The molecule has 1 fully saturated rings. The number of carbonyl (C=O) groups excluding carboxylic acids is 3. The molecule has 0 spiro atoms. The molecule has 2 aliphatic rings. The van der Waals surface area contributed by atoms with Crippen LogP contribution >= 0.6 is 0 Å². The van der Waals surface area contributed by atoms with Gasteiger partial charge in [0.25, 0.3) is 11.8 Å². The maximum Gasteiger partial charge on any atom is 0.262 e. The molecule has 0 saturated heterocycles. The number of nitrogens with one attached hydrogen (secondary N) is 1. The zero-order valence-electron chi connectivity index (χ0n) is 17.9. The van der Waals surface area contributed by atoms with Crippen LogP contribution in [0.4, 0.5) is 0 Å². The molecule has 3 aromatic rings. The minimum atomic E-state index is -0.900. The van der Waals surface area contributed by atoms with Crippen LogP contribution in [0.5, 0.6) is 0 Å². The molecule has 1 saturated carbocycles. The number of carbonyl (C=O) groups is 3. The normalized spacial score (nSPS) is 17.4. The molecule has 5 heteroatoms. The summed E-state index contributed by atoms with van der Waals surface area (Å²) in [4.78, 5) is 41.8. The second-order valence-electron chi connectivity index (χ2n) is 8.74. The van der Waals surface area contributed by atoms with E-state index in [1.54, 1.807) is 12.1 Å². The third-order valence-electron chi connectivity index (χ3n) is 6.64. The zero-order chi connectivity index (χ0) is 22.1. The second-order valence-corrected chi connectivity index (χ2v) is 8.74. The van der Waals surface area contributed by atoms with Crippen molar-refractivity contribution in [3.63, 3.8) is 0 Å². The van der Waals surface area contributed by atoms with Crippen molar-refractivity contribution in [3.8, 4) is 0 Å². The minimum absolute atomic E-state index is 0.0974. The highest BCUT2D eigenvalue weighted by atomic mass is 16.2. The van der Waals surface area contributed by atoms with Crippen molar-refractivity contribution in [1.82, 2.24) is 10.2 Å². The van der Waals surface area contributed by atoms with Crippen molar-refractivity contribution in [2.24, 2.45) is 0 Å². The highest BCUT2D eigenvalue weighted by Gasteiger charge is 2.41. The summed E-state index contributed by atoms with van der Waals surface area (Å²) in [7, 11) is 0. The zero-order valence-corrected chi connectivity index (χ0v) is 17.9. The summed E-state index contributed by atoms with van der Waals surface area (Å²) in [6, 6.07) is 19.7. The van der Waals surface area contributed by atoms with Crippen LogP contribution in [0.2, 0.25) is 0 Å². The molecule has 0 unspecified atom stereocenters. The van der Waals surface area contributed by atoms with Gasteiger partial charge in [-0.1, -0.05) is 73.9 Å². The van der Waals surface area contributed by atoms with Gasteiger partial charge in [0.2, 0.25) is 5.91 Å². The largest absolute Gasteiger partial charge is 0.352 e. The molecule has 1 N–H and O–H groups in total. The summed E-state index contributed by atoms with van der Waals surface area (Å²) in [6.45, 7) is 0. The molecule has 32 heavy (non-hydrogen) atoms. The van der Waals surface area contributed by atoms with Crippen molar-refractivity contribution in [2.75, 3.05) is 0 Å². The van der Waals surface area contributed by atoms with Gasteiger partial charge in [0.05, 0.1) is 0 Å². The van der Waals surface area contributed by atoms with Crippen molar-refractivity contribution >= 4 is 28.5 Å². The molecule has 0 bridgehead atoms. The van der Waals surface area contributed by atoms with Gasteiger partial charge in [-0.05, 0) is 35.9 Å². The Morgan fingerprint density at radius 2 is 1.47 bits per heavy atom. The molecule has 5 nitrogen and oxygen atoms in total. The van der Waals surface area contributed by atoms with Gasteiger partial charge in [-0.2, -0.15) is 0 Å². The monoisotopic (exact) mass is 426 g/mol. The molecule has 0 radical (unpaired) electrons. The van der Waals surface area contributed by atoms with Crippen molar-refractivity contribution < 1.29 is 14.4 Å². The van der Waals surface area contributed by atoms with E-state index in [0.29, 0.717) is 16.5 Å². The van der Waals surface area contributed by atoms with E-state index in [4.69, 9.17) is 0 Å². The number of imide groups is 1. The number of hydrogen-bond acceptors (Lipinski definition) is 3. The van der Waals surface area contributed by atoms with Crippen LogP contribution in [0.1, 0.15) is 58.4 Å². The number of benzene rings is 3. The quantitative estimate of drug-likeness (QED) is 0.611. The molecule has 1 heterocycles. The Morgan fingerprint density at radius 3 is 2.09 bits per heavy atom. The lowest BCUT2D eigenvalue weighted by Gasteiger charge is -2.34. The van der Waals surface area contributed by atoms with Gasteiger partial charge < -0.3 is 5.32 Å². The van der Waals surface area contributed by atoms with Gasteiger partial charge >= 0.3 is 0 Å². The van der Waals surface area contributed by atoms with Crippen molar-refractivity contribution in [3.05, 3.63) is 83.4 Å². The lowest BCUT2D eigenvalue weighted by atomic mass is 9.91. The number of nitrogens with zero attached hydrogens (tertiary/aromatic N) is 1. The summed E-state index contributed by atoms with van der Waals surface area (Å²) in [5, 5.41) is 4.67. The molecule has 1 aliphatic carbocycles. The Kier molecular flexibility index (Phi) is 5.48. The number of amides is 3. The van der Waals surface area contributed by atoms with Crippen LogP contribution in [-0.4, -0.2) is 34.7 Å². The third-order valence-corrected chi connectivity index (χ3v) is 6.64. The molecule has 3 amide bonds. The maximum atomic E-state index is 13.6. The summed E-state index contributed by atoms with van der Waals surface area (Å²) in [5.74, 6) is -1.06. The van der Waals surface area contributed by atoms with Crippen molar-refractivity contribution in [2.45, 2.75) is 50.6 Å². The van der Waals surface area contributed by atoms with E-state index in [-0.39, 0.29) is 18.4 Å². The predicted molar refractivity (Wildman–Crippen MR) is 123 cm³/mol. The van der Waals surface area contributed by atoms with E-state index < -0.39 is 17.9 Å². The summed E-state index contributed by atoms with van der Waals surface area (Å²) < 4.78 is 0. The van der Waals surface area contributed by atoms with Gasteiger partial charge in [0.1, 0.15) is 6.04 Å². The fourth-order valence-electron chi connectivity index (χ4n) is 5.02. The maximum absolute atomic E-state index is 13.6. The lowest BCUT2D eigenvalue weighted by Crippen LogP contribution is -2.56. The molecular formula is C27H26N2O3. The highest BCUT2D eigenvalue weighted by Crippen LogP contribution is 2.32. The van der Waals surface area contributed by atoms with E-state index in [2.05, 4.69) is 5.32 Å². The summed E-state index contributed by atoms with van der Waals surface area (Å²) >= 11 is 0. The van der Waals surface area contributed by atoms with Crippen molar-refractivity contribution in [1.29, 1.82) is 0 Å². The first-order chi connectivity index (χ1) is 15.6. The SMILES string of the molecule is O=C(NC1CCCCC1)[C@H](Cc1ccccc1)N1C(=O)c2cccc3cccc(c23)C1=O. The van der Waals surface area contributed by atoms with Gasteiger partial charge in [0, 0.05) is 29.0 Å². The third kappa shape index (κ3) is 3.68. The average Bonchev–Trinajstić information content (AvgIpc) is 2.83. The van der Waals surface area contributed by atoms with Crippen LogP contribution < -0.4 is 5.32 Å².